The van der Waals surface area contributed by atoms with Gasteiger partial charge in [0, 0.05) is 16.8 Å². The van der Waals surface area contributed by atoms with Crippen LogP contribution in [0.3, 0.4) is 0 Å². The molecule has 1 aromatic heterocycles. The minimum atomic E-state index is -0.210. The Morgan fingerprint density at radius 2 is 1.57 bits per heavy atom. The lowest BCUT2D eigenvalue weighted by Gasteiger charge is -2.07. The number of hydrogen-bond acceptors (Lipinski definition) is 5. The Labute approximate surface area is 177 Å². The minimum Gasteiger partial charge on any atom is -0.497 e. The molecule has 0 radical (unpaired) electrons. The van der Waals surface area contributed by atoms with Crippen molar-refractivity contribution in [3.05, 3.63) is 83.4 Å². The van der Waals surface area contributed by atoms with Crippen molar-refractivity contribution in [2.75, 3.05) is 17.7 Å². The van der Waals surface area contributed by atoms with Crippen molar-refractivity contribution in [3.63, 3.8) is 0 Å². The van der Waals surface area contributed by atoms with Crippen LogP contribution in [0.1, 0.15) is 26.3 Å². The minimum absolute atomic E-state index is 0.208. The molecule has 0 saturated heterocycles. The smallest absolute Gasteiger partial charge is 0.257 e. The Kier molecular flexibility index (Phi) is 5.45. The van der Waals surface area contributed by atoms with Crippen molar-refractivity contribution in [2.45, 2.75) is 6.92 Å². The van der Waals surface area contributed by atoms with E-state index in [2.05, 4.69) is 15.6 Å². The Morgan fingerprint density at radius 3 is 2.27 bits per heavy atom. The van der Waals surface area contributed by atoms with Crippen LogP contribution in [0.4, 0.5) is 10.8 Å². The Balaban J connectivity index is 1.54. The maximum Gasteiger partial charge on any atom is 0.257 e. The third-order valence-electron chi connectivity index (χ3n) is 4.55. The van der Waals surface area contributed by atoms with E-state index in [0.29, 0.717) is 27.7 Å². The van der Waals surface area contributed by atoms with E-state index in [4.69, 9.17) is 4.74 Å². The molecule has 30 heavy (non-hydrogen) atoms. The third-order valence-corrected chi connectivity index (χ3v) is 5.47. The normalized spacial score (nSPS) is 10.6. The molecule has 1 heterocycles. The van der Waals surface area contributed by atoms with Gasteiger partial charge >= 0.3 is 0 Å². The first-order chi connectivity index (χ1) is 14.5. The molecule has 0 aliphatic carbocycles. The summed E-state index contributed by atoms with van der Waals surface area (Å²) in [5, 5.41) is 6.27. The molecule has 2 N–H and O–H groups in total. The van der Waals surface area contributed by atoms with Crippen LogP contribution in [0.15, 0.2) is 66.7 Å². The number of carbonyl (C=O) groups excluding carboxylic acids is 2. The summed E-state index contributed by atoms with van der Waals surface area (Å²) in [6.45, 7) is 1.92. The SMILES string of the molecule is COc1ccc(C(=O)Nc2cc(C)c3nc(NC(=O)c4ccccc4)sc3c2)cc1. The molecule has 7 heteroatoms. The lowest BCUT2D eigenvalue weighted by molar-refractivity contribution is 0.101. The third kappa shape index (κ3) is 4.16. The number of rotatable bonds is 5. The second-order valence-electron chi connectivity index (χ2n) is 6.66. The fourth-order valence-electron chi connectivity index (χ4n) is 3.03. The van der Waals surface area contributed by atoms with Crippen LogP contribution >= 0.6 is 11.3 Å². The maximum atomic E-state index is 12.5. The van der Waals surface area contributed by atoms with Gasteiger partial charge in [0.15, 0.2) is 5.13 Å². The number of aromatic nitrogens is 1. The van der Waals surface area contributed by atoms with Crippen molar-refractivity contribution in [1.82, 2.24) is 4.98 Å². The zero-order valence-electron chi connectivity index (χ0n) is 16.4. The predicted molar refractivity (Wildman–Crippen MR) is 120 cm³/mol. The van der Waals surface area contributed by atoms with Gasteiger partial charge < -0.3 is 10.1 Å². The second-order valence-corrected chi connectivity index (χ2v) is 7.69. The van der Waals surface area contributed by atoms with Gasteiger partial charge in [0.05, 0.1) is 17.3 Å². The molecule has 0 unspecified atom stereocenters. The topological polar surface area (TPSA) is 80.3 Å². The lowest BCUT2D eigenvalue weighted by Crippen LogP contribution is -2.11. The molecule has 0 aliphatic rings. The first-order valence-corrected chi connectivity index (χ1v) is 10.1. The number of carbonyl (C=O) groups is 2. The highest BCUT2D eigenvalue weighted by Crippen LogP contribution is 2.31. The molecule has 0 fully saturated rings. The summed E-state index contributed by atoms with van der Waals surface area (Å²) in [5.41, 5.74) is 3.49. The zero-order chi connectivity index (χ0) is 21.1. The van der Waals surface area contributed by atoms with Gasteiger partial charge in [-0.15, -0.1) is 0 Å². The molecular formula is C23H19N3O3S. The Hall–Kier alpha value is -3.71. The van der Waals surface area contributed by atoms with Crippen molar-refractivity contribution in [3.8, 4) is 5.75 Å². The molecule has 0 aliphatic heterocycles. The van der Waals surface area contributed by atoms with E-state index in [0.717, 1.165) is 15.8 Å². The fraction of sp³-hybridized carbons (Fsp3) is 0.0870. The summed E-state index contributed by atoms with van der Waals surface area (Å²) in [6, 6.07) is 19.6. The highest BCUT2D eigenvalue weighted by Gasteiger charge is 2.13. The Morgan fingerprint density at radius 1 is 0.900 bits per heavy atom. The molecule has 3 aromatic carbocycles. The molecule has 0 saturated carbocycles. The van der Waals surface area contributed by atoms with Crippen LogP contribution < -0.4 is 15.4 Å². The predicted octanol–water partition coefficient (Wildman–Crippen LogP) is 5.12. The van der Waals surface area contributed by atoms with Crippen LogP contribution in [0.25, 0.3) is 10.2 Å². The van der Waals surface area contributed by atoms with E-state index in [9.17, 15) is 9.59 Å². The molecule has 0 bridgehead atoms. The van der Waals surface area contributed by atoms with Crippen LogP contribution in [0, 0.1) is 6.92 Å². The molecule has 0 atom stereocenters. The lowest BCUT2D eigenvalue weighted by atomic mass is 10.1. The molecule has 6 nitrogen and oxygen atoms in total. The fourth-order valence-corrected chi connectivity index (χ4v) is 4.01. The van der Waals surface area contributed by atoms with E-state index in [1.807, 2.05) is 37.3 Å². The van der Waals surface area contributed by atoms with E-state index in [-0.39, 0.29) is 11.8 Å². The Bertz CT molecular complexity index is 1220. The van der Waals surface area contributed by atoms with Gasteiger partial charge in [0.2, 0.25) is 0 Å². The number of anilines is 2. The standard InChI is InChI=1S/C23H19N3O3S/c1-14-12-17(24-21(27)16-8-10-18(29-2)11-9-16)13-19-20(14)25-23(30-19)26-22(28)15-6-4-3-5-7-15/h3-13H,1-2H3,(H,24,27)(H,25,26,28). The maximum absolute atomic E-state index is 12.5. The van der Waals surface area contributed by atoms with Crippen LogP contribution in [0.2, 0.25) is 0 Å². The van der Waals surface area contributed by atoms with Crippen molar-refractivity contribution in [1.29, 1.82) is 0 Å². The van der Waals surface area contributed by atoms with Crippen LogP contribution in [-0.2, 0) is 0 Å². The van der Waals surface area contributed by atoms with Crippen molar-refractivity contribution < 1.29 is 14.3 Å². The largest absolute Gasteiger partial charge is 0.497 e. The van der Waals surface area contributed by atoms with E-state index in [1.165, 1.54) is 11.3 Å². The van der Waals surface area contributed by atoms with Gasteiger partial charge in [0.1, 0.15) is 5.75 Å². The monoisotopic (exact) mass is 417 g/mol. The van der Waals surface area contributed by atoms with E-state index < -0.39 is 0 Å². The average Bonchev–Trinajstić information content (AvgIpc) is 3.17. The van der Waals surface area contributed by atoms with Gasteiger partial charge in [-0.2, -0.15) is 0 Å². The number of methoxy groups -OCH3 is 1. The van der Waals surface area contributed by atoms with Crippen LogP contribution in [-0.4, -0.2) is 23.9 Å². The van der Waals surface area contributed by atoms with Gasteiger partial charge in [0.25, 0.3) is 11.8 Å². The number of hydrogen-bond donors (Lipinski definition) is 2. The summed E-state index contributed by atoms with van der Waals surface area (Å²) in [6.07, 6.45) is 0. The van der Waals surface area contributed by atoms with E-state index >= 15 is 0 Å². The second kappa shape index (κ2) is 8.34. The molecular weight excluding hydrogens is 398 g/mol. The summed E-state index contributed by atoms with van der Waals surface area (Å²) in [4.78, 5) is 29.5. The number of fused-ring (bicyclic) bond motifs is 1. The molecule has 0 spiro atoms. The average molecular weight is 417 g/mol. The molecule has 2 amide bonds. The van der Waals surface area contributed by atoms with Crippen molar-refractivity contribution in [2.24, 2.45) is 0 Å². The highest BCUT2D eigenvalue weighted by molar-refractivity contribution is 7.22. The number of aryl methyl sites for hydroxylation is 1. The summed E-state index contributed by atoms with van der Waals surface area (Å²) in [7, 11) is 1.58. The van der Waals surface area contributed by atoms with Gasteiger partial charge in [-0.25, -0.2) is 4.98 Å². The molecule has 150 valence electrons. The van der Waals surface area contributed by atoms with Crippen molar-refractivity contribution >= 4 is 44.2 Å². The number of benzene rings is 3. The quantitative estimate of drug-likeness (QED) is 0.472. The number of nitrogens with zero attached hydrogens (tertiary/aromatic N) is 1. The number of ether oxygens (including phenoxy) is 1. The number of thiazole rings is 1. The zero-order valence-corrected chi connectivity index (χ0v) is 17.2. The first-order valence-electron chi connectivity index (χ1n) is 9.26. The summed E-state index contributed by atoms with van der Waals surface area (Å²) < 4.78 is 6.00. The van der Waals surface area contributed by atoms with Crippen LogP contribution in [0.5, 0.6) is 5.75 Å². The molecule has 4 rings (SSSR count). The first kappa shape index (κ1) is 19.6. The van der Waals surface area contributed by atoms with Gasteiger partial charge in [-0.05, 0) is 61.0 Å². The van der Waals surface area contributed by atoms with Gasteiger partial charge in [-0.3, -0.25) is 14.9 Å². The highest BCUT2D eigenvalue weighted by atomic mass is 32.1. The molecule has 4 aromatic rings. The van der Waals surface area contributed by atoms with Gasteiger partial charge in [-0.1, -0.05) is 29.5 Å². The number of nitrogens with one attached hydrogen (secondary N) is 2. The number of amides is 2. The van der Waals surface area contributed by atoms with E-state index in [1.54, 1.807) is 43.5 Å². The summed E-state index contributed by atoms with van der Waals surface area (Å²) in [5.74, 6) is 0.275. The summed E-state index contributed by atoms with van der Waals surface area (Å²) >= 11 is 1.37.